The van der Waals surface area contributed by atoms with Gasteiger partial charge in [-0.1, -0.05) is 54.6 Å². The average Bonchev–Trinajstić information content (AvgIpc) is 2.73. The van der Waals surface area contributed by atoms with Gasteiger partial charge in [-0.3, -0.25) is 4.79 Å². The Morgan fingerprint density at radius 1 is 0.643 bits per heavy atom. The molecule has 0 saturated heterocycles. The molecule has 0 atom stereocenters. The highest BCUT2D eigenvalue weighted by molar-refractivity contribution is 8.93. The highest BCUT2D eigenvalue weighted by Crippen LogP contribution is 2.55. The Morgan fingerprint density at radius 3 is 1.39 bits per heavy atom. The first-order chi connectivity index (χ1) is 13.2. The van der Waals surface area contributed by atoms with E-state index >= 15 is 0 Å². The second kappa shape index (κ2) is 11.1. The van der Waals surface area contributed by atoms with Gasteiger partial charge in [0.05, 0.1) is 6.16 Å². The van der Waals surface area contributed by atoms with Crippen LogP contribution in [0.15, 0.2) is 91.0 Å². The van der Waals surface area contributed by atoms with Crippen LogP contribution in [0.5, 0.6) is 0 Å². The Bertz CT molecular complexity index is 742. The van der Waals surface area contributed by atoms with Gasteiger partial charge in [0.2, 0.25) is 0 Å². The van der Waals surface area contributed by atoms with Gasteiger partial charge >= 0.3 is 5.97 Å². The lowest BCUT2D eigenvalue weighted by molar-refractivity contribution is -0.137. The van der Waals surface area contributed by atoms with Crippen molar-refractivity contribution in [2.75, 3.05) is 6.16 Å². The van der Waals surface area contributed by atoms with Crippen molar-refractivity contribution < 1.29 is 9.90 Å². The predicted molar refractivity (Wildman–Crippen MR) is 126 cm³/mol. The lowest BCUT2D eigenvalue weighted by atomic mass is 10.2. The number of rotatable bonds is 9. The molecule has 0 aliphatic carbocycles. The Kier molecular flexibility index (Phi) is 8.89. The zero-order valence-electron chi connectivity index (χ0n) is 15.9. The average molecular weight is 458 g/mol. The van der Waals surface area contributed by atoms with Crippen LogP contribution in [0, 0.1) is 0 Å². The summed E-state index contributed by atoms with van der Waals surface area (Å²) in [5, 5.41) is 13.1. The normalized spacial score (nSPS) is 10.9. The highest BCUT2D eigenvalue weighted by Gasteiger charge is 2.44. The van der Waals surface area contributed by atoms with Crippen molar-refractivity contribution in [1.29, 1.82) is 0 Å². The maximum absolute atomic E-state index is 10.8. The Balaban J connectivity index is 0.00000280. The predicted octanol–water partition coefficient (Wildman–Crippen LogP) is 5.20. The zero-order valence-corrected chi connectivity index (χ0v) is 18.5. The number of aliphatic carboxylic acids is 1. The smallest absolute Gasteiger partial charge is 0.303 e. The zero-order chi connectivity index (χ0) is 19.0. The number of carboxylic acid groups (broad SMARTS) is 1. The standard InChI is InChI=1S/C24H25O2P.BrH/c25-24(26)19-11-4-12-20-27(21-13-5-1-6-14-21,22-15-7-2-8-16-22)23-17-9-3-10-18-23;/h1-3,5-10,13-18H,4,11-12,19-20H2;1H/p+1. The number of halogens is 1. The molecule has 0 fully saturated rings. The van der Waals surface area contributed by atoms with E-state index in [4.69, 9.17) is 5.11 Å². The van der Waals surface area contributed by atoms with Gasteiger partial charge in [-0.25, -0.2) is 0 Å². The quantitative estimate of drug-likeness (QED) is 0.354. The van der Waals surface area contributed by atoms with Crippen LogP contribution in [0.25, 0.3) is 0 Å². The second-order valence-electron chi connectivity index (χ2n) is 6.74. The van der Waals surface area contributed by atoms with E-state index in [1.807, 2.05) is 0 Å². The summed E-state index contributed by atoms with van der Waals surface area (Å²) >= 11 is 0. The summed E-state index contributed by atoms with van der Waals surface area (Å²) in [6, 6.07) is 32.5. The largest absolute Gasteiger partial charge is 0.481 e. The lowest BCUT2D eigenvalue weighted by Gasteiger charge is -2.27. The third-order valence-corrected chi connectivity index (χ3v) is 9.50. The summed E-state index contributed by atoms with van der Waals surface area (Å²) in [6.45, 7) is 0. The minimum Gasteiger partial charge on any atom is -0.481 e. The van der Waals surface area contributed by atoms with Crippen molar-refractivity contribution in [3.05, 3.63) is 91.0 Å². The molecule has 3 aromatic carbocycles. The van der Waals surface area contributed by atoms with Gasteiger partial charge in [0.1, 0.15) is 23.2 Å². The third kappa shape index (κ3) is 5.31. The number of benzene rings is 3. The Hall–Kier alpha value is -1.96. The van der Waals surface area contributed by atoms with Crippen LogP contribution in [0.4, 0.5) is 0 Å². The van der Waals surface area contributed by atoms with Gasteiger partial charge in [0.25, 0.3) is 0 Å². The second-order valence-corrected chi connectivity index (χ2v) is 10.4. The van der Waals surface area contributed by atoms with Crippen molar-refractivity contribution in [1.82, 2.24) is 0 Å². The highest BCUT2D eigenvalue weighted by atomic mass is 79.9. The fraction of sp³-hybridized carbons (Fsp3) is 0.208. The van der Waals surface area contributed by atoms with E-state index in [-0.39, 0.29) is 23.4 Å². The molecule has 146 valence electrons. The molecule has 3 rings (SSSR count). The van der Waals surface area contributed by atoms with Crippen molar-refractivity contribution in [3.63, 3.8) is 0 Å². The van der Waals surface area contributed by atoms with Crippen molar-refractivity contribution in [2.45, 2.75) is 25.7 Å². The molecule has 2 nitrogen and oxygen atoms in total. The lowest BCUT2D eigenvalue weighted by Crippen LogP contribution is -2.33. The van der Waals surface area contributed by atoms with E-state index in [0.717, 1.165) is 25.4 Å². The number of carbonyl (C=O) groups is 1. The molecule has 0 aliphatic rings. The van der Waals surface area contributed by atoms with Gasteiger partial charge in [-0.2, -0.15) is 0 Å². The van der Waals surface area contributed by atoms with Crippen molar-refractivity contribution in [2.24, 2.45) is 0 Å². The van der Waals surface area contributed by atoms with E-state index in [9.17, 15) is 4.79 Å². The Morgan fingerprint density at radius 2 is 1.04 bits per heavy atom. The molecule has 1 N–H and O–H groups in total. The van der Waals surface area contributed by atoms with Gasteiger partial charge in [-0.05, 0) is 55.7 Å². The van der Waals surface area contributed by atoms with Crippen molar-refractivity contribution in [3.8, 4) is 0 Å². The van der Waals surface area contributed by atoms with Crippen LogP contribution in [0.3, 0.4) is 0 Å². The molecule has 0 spiro atoms. The molecule has 28 heavy (non-hydrogen) atoms. The summed E-state index contributed by atoms with van der Waals surface area (Å²) in [6.07, 6.45) is 4.03. The SMILES string of the molecule is Br.O=C(O)CCCCC[P+](c1ccccc1)(c1ccccc1)c1ccccc1. The number of hydrogen-bond donors (Lipinski definition) is 1. The first-order valence-electron chi connectivity index (χ1n) is 9.50. The molecule has 0 bridgehead atoms. The molecular formula is C24H27BrO2P+. The van der Waals surface area contributed by atoms with Crippen molar-refractivity contribution >= 4 is 46.1 Å². The molecule has 3 aromatic rings. The number of carboxylic acids is 1. The van der Waals surface area contributed by atoms with Gasteiger partial charge < -0.3 is 5.11 Å². The molecule has 0 heterocycles. The van der Waals surface area contributed by atoms with E-state index in [1.54, 1.807) is 0 Å². The fourth-order valence-electron chi connectivity index (χ4n) is 3.68. The van der Waals surface area contributed by atoms with Crippen LogP contribution < -0.4 is 15.9 Å². The molecule has 0 saturated carbocycles. The number of unbranched alkanes of at least 4 members (excludes halogenated alkanes) is 2. The monoisotopic (exact) mass is 457 g/mol. The van der Waals surface area contributed by atoms with Gasteiger partial charge in [0, 0.05) is 6.42 Å². The molecule has 0 aromatic heterocycles. The van der Waals surface area contributed by atoms with E-state index < -0.39 is 13.2 Å². The first kappa shape index (κ1) is 22.3. The number of hydrogen-bond acceptors (Lipinski definition) is 1. The van der Waals surface area contributed by atoms with Gasteiger partial charge in [0.15, 0.2) is 0 Å². The molecular weight excluding hydrogens is 431 g/mol. The Labute approximate surface area is 178 Å². The van der Waals surface area contributed by atoms with Crippen LogP contribution in [-0.4, -0.2) is 17.2 Å². The minimum atomic E-state index is -1.76. The molecule has 4 heteroatoms. The summed E-state index contributed by atoms with van der Waals surface area (Å²) in [5.74, 6) is -0.703. The summed E-state index contributed by atoms with van der Waals surface area (Å²) in [4.78, 5) is 10.8. The van der Waals surface area contributed by atoms with Crippen LogP contribution in [-0.2, 0) is 4.79 Å². The molecule has 0 unspecified atom stereocenters. The summed E-state index contributed by atoms with van der Waals surface area (Å²) in [5.41, 5.74) is 0. The van der Waals surface area contributed by atoms with E-state index in [0.29, 0.717) is 0 Å². The molecule has 0 amide bonds. The third-order valence-electron chi connectivity index (χ3n) is 4.98. The molecule has 0 aliphatic heterocycles. The van der Waals surface area contributed by atoms with Crippen LogP contribution in [0.2, 0.25) is 0 Å². The van der Waals surface area contributed by atoms with Crippen LogP contribution >= 0.6 is 24.2 Å². The first-order valence-corrected chi connectivity index (χ1v) is 11.5. The van der Waals surface area contributed by atoms with E-state index in [1.165, 1.54) is 15.9 Å². The van der Waals surface area contributed by atoms with Crippen LogP contribution in [0.1, 0.15) is 25.7 Å². The van der Waals surface area contributed by atoms with E-state index in [2.05, 4.69) is 91.0 Å². The van der Waals surface area contributed by atoms with Gasteiger partial charge in [-0.15, -0.1) is 17.0 Å². The minimum absolute atomic E-state index is 0. The maximum Gasteiger partial charge on any atom is 0.303 e. The summed E-state index contributed by atoms with van der Waals surface area (Å²) < 4.78 is 0. The fourth-order valence-corrected chi connectivity index (χ4v) is 8.09. The summed E-state index contributed by atoms with van der Waals surface area (Å²) in [7, 11) is -1.76. The topological polar surface area (TPSA) is 37.3 Å². The maximum atomic E-state index is 10.8. The molecule has 0 radical (unpaired) electrons.